The molecule has 0 aliphatic carbocycles. The molecule has 0 aliphatic rings. The molecular formula is C28H28N6O5S. The van der Waals surface area contributed by atoms with Crippen molar-refractivity contribution in [3.63, 3.8) is 0 Å². The summed E-state index contributed by atoms with van der Waals surface area (Å²) in [7, 11) is 0. The van der Waals surface area contributed by atoms with Crippen LogP contribution >= 0.6 is 11.8 Å². The molecular weight excluding hydrogens is 532 g/mol. The maximum atomic E-state index is 12.8. The lowest BCUT2D eigenvalue weighted by atomic mass is 10.2. The molecule has 0 fully saturated rings. The summed E-state index contributed by atoms with van der Waals surface area (Å²) in [5.41, 5.74) is 3.73. The molecule has 0 bridgehead atoms. The molecule has 1 atom stereocenters. The highest BCUT2D eigenvalue weighted by atomic mass is 32.2. The number of aryl methyl sites for hydroxylation is 1. The van der Waals surface area contributed by atoms with Gasteiger partial charge in [-0.25, -0.2) is 9.59 Å². The molecule has 11 nitrogen and oxygen atoms in total. The van der Waals surface area contributed by atoms with E-state index in [4.69, 9.17) is 4.74 Å². The predicted molar refractivity (Wildman–Crippen MR) is 152 cm³/mol. The zero-order chi connectivity index (χ0) is 28.6. The van der Waals surface area contributed by atoms with Crippen LogP contribution in [0.1, 0.15) is 47.2 Å². The van der Waals surface area contributed by atoms with Crippen LogP contribution in [0.4, 0.5) is 16.2 Å². The van der Waals surface area contributed by atoms with E-state index in [-0.39, 0.29) is 12.3 Å². The highest BCUT2D eigenvalue weighted by molar-refractivity contribution is 7.98. The number of esters is 1. The number of rotatable bonds is 10. The minimum atomic E-state index is -0.574. The SMILES string of the molecule is CCOC(=O)c1ccc(NC(=O)NC(C)c2nnc(SCc3cccc(C)c3)n2-c2ccc([N+](=O)[O-])cc2)cc1. The van der Waals surface area contributed by atoms with E-state index >= 15 is 0 Å². The van der Waals surface area contributed by atoms with E-state index in [2.05, 4.69) is 26.9 Å². The number of hydrogen-bond donors (Lipinski definition) is 2. The summed E-state index contributed by atoms with van der Waals surface area (Å²) in [5, 5.41) is 26.1. The Morgan fingerprint density at radius 1 is 1.07 bits per heavy atom. The second-order valence-electron chi connectivity index (χ2n) is 8.85. The second-order valence-corrected chi connectivity index (χ2v) is 9.79. The number of benzene rings is 3. The largest absolute Gasteiger partial charge is 0.462 e. The van der Waals surface area contributed by atoms with Gasteiger partial charge in [0.15, 0.2) is 11.0 Å². The highest BCUT2D eigenvalue weighted by Crippen LogP contribution is 2.29. The summed E-state index contributed by atoms with van der Waals surface area (Å²) in [5.74, 6) is 0.652. The lowest BCUT2D eigenvalue weighted by Gasteiger charge is -2.17. The first-order chi connectivity index (χ1) is 19.2. The van der Waals surface area contributed by atoms with Gasteiger partial charge in [0.25, 0.3) is 5.69 Å². The molecule has 4 rings (SSSR count). The van der Waals surface area contributed by atoms with Crippen LogP contribution in [0.15, 0.2) is 78.0 Å². The molecule has 1 unspecified atom stereocenters. The lowest BCUT2D eigenvalue weighted by molar-refractivity contribution is -0.384. The summed E-state index contributed by atoms with van der Waals surface area (Å²) >= 11 is 1.47. The van der Waals surface area contributed by atoms with Crippen LogP contribution in [0.5, 0.6) is 0 Å². The molecule has 3 aromatic carbocycles. The zero-order valence-corrected chi connectivity index (χ0v) is 23.0. The van der Waals surface area contributed by atoms with E-state index in [9.17, 15) is 19.7 Å². The molecule has 0 saturated heterocycles. The molecule has 0 saturated carbocycles. The van der Waals surface area contributed by atoms with Gasteiger partial charge in [0.05, 0.1) is 23.1 Å². The van der Waals surface area contributed by atoms with Gasteiger partial charge in [-0.1, -0.05) is 41.6 Å². The van der Waals surface area contributed by atoms with Crippen molar-refractivity contribution in [2.45, 2.75) is 37.7 Å². The number of non-ortho nitro benzene ring substituents is 1. The maximum Gasteiger partial charge on any atom is 0.338 e. The third-order valence-electron chi connectivity index (χ3n) is 5.82. The number of nitrogens with one attached hydrogen (secondary N) is 2. The van der Waals surface area contributed by atoms with Gasteiger partial charge in [-0.3, -0.25) is 14.7 Å². The fourth-order valence-corrected chi connectivity index (χ4v) is 4.81. The van der Waals surface area contributed by atoms with Crippen LogP contribution < -0.4 is 10.6 Å². The molecule has 1 heterocycles. The molecule has 0 spiro atoms. The fourth-order valence-electron chi connectivity index (χ4n) is 3.90. The Kier molecular flexibility index (Phi) is 9.12. The van der Waals surface area contributed by atoms with Crippen molar-refractivity contribution >= 4 is 35.1 Å². The number of thioether (sulfide) groups is 1. The van der Waals surface area contributed by atoms with Crippen molar-refractivity contribution in [3.05, 3.63) is 105 Å². The van der Waals surface area contributed by atoms with E-state index < -0.39 is 23.0 Å². The van der Waals surface area contributed by atoms with Gasteiger partial charge in [0, 0.05) is 29.3 Å². The number of aromatic nitrogens is 3. The van der Waals surface area contributed by atoms with Crippen LogP contribution in [0.3, 0.4) is 0 Å². The van der Waals surface area contributed by atoms with E-state index in [1.807, 2.05) is 25.1 Å². The number of hydrogen-bond acceptors (Lipinski definition) is 8. The second kappa shape index (κ2) is 12.9. The number of anilines is 1. The lowest BCUT2D eigenvalue weighted by Crippen LogP contribution is -2.32. The van der Waals surface area contributed by atoms with Gasteiger partial charge >= 0.3 is 12.0 Å². The predicted octanol–water partition coefficient (Wildman–Crippen LogP) is 5.84. The number of nitrogens with zero attached hydrogens (tertiary/aromatic N) is 4. The Hall–Kier alpha value is -4.71. The summed E-state index contributed by atoms with van der Waals surface area (Å²) in [6.07, 6.45) is 0. The molecule has 0 radical (unpaired) electrons. The van der Waals surface area contributed by atoms with Crippen molar-refractivity contribution in [2.24, 2.45) is 0 Å². The van der Waals surface area contributed by atoms with Crippen molar-refractivity contribution in [1.29, 1.82) is 0 Å². The van der Waals surface area contributed by atoms with Gasteiger partial charge in [-0.2, -0.15) is 0 Å². The zero-order valence-electron chi connectivity index (χ0n) is 22.2. The van der Waals surface area contributed by atoms with Crippen molar-refractivity contribution in [1.82, 2.24) is 20.1 Å². The first-order valence-corrected chi connectivity index (χ1v) is 13.5. The van der Waals surface area contributed by atoms with Gasteiger partial charge in [0.1, 0.15) is 0 Å². The van der Waals surface area contributed by atoms with E-state index in [1.54, 1.807) is 54.8 Å². The topological polar surface area (TPSA) is 141 Å². The molecule has 12 heteroatoms. The molecule has 2 N–H and O–H groups in total. The molecule has 206 valence electrons. The minimum Gasteiger partial charge on any atom is -0.462 e. The molecule has 40 heavy (non-hydrogen) atoms. The molecule has 2 amide bonds. The fraction of sp³-hybridized carbons (Fsp3) is 0.214. The summed E-state index contributed by atoms with van der Waals surface area (Å²) in [6.45, 7) is 5.80. The molecule has 0 aliphatic heterocycles. The first kappa shape index (κ1) is 28.3. The average molecular weight is 561 g/mol. The Balaban J connectivity index is 1.53. The van der Waals surface area contributed by atoms with Crippen LogP contribution in [-0.2, 0) is 10.5 Å². The standard InChI is InChI=1S/C28H28N6O5S/c1-4-39-26(35)21-8-10-22(11-9-21)30-27(36)29-19(3)25-31-32-28(40-17-20-7-5-6-18(2)16-20)33(25)23-12-14-24(15-13-23)34(37)38/h5-16,19H,4,17H2,1-3H3,(H2,29,30,36). The normalized spacial score (nSPS) is 11.5. The maximum absolute atomic E-state index is 12.8. The number of carbonyl (C=O) groups excluding carboxylic acids is 2. The van der Waals surface area contributed by atoms with Crippen molar-refractivity contribution < 1.29 is 19.2 Å². The first-order valence-electron chi connectivity index (χ1n) is 12.5. The Morgan fingerprint density at radius 2 is 1.80 bits per heavy atom. The van der Waals surface area contributed by atoms with Gasteiger partial charge in [0.2, 0.25) is 0 Å². The van der Waals surface area contributed by atoms with E-state index in [0.717, 1.165) is 11.1 Å². The van der Waals surface area contributed by atoms with Gasteiger partial charge in [-0.05, 0) is 62.7 Å². The van der Waals surface area contributed by atoms with Crippen molar-refractivity contribution in [2.75, 3.05) is 11.9 Å². The number of carbonyl (C=O) groups is 2. The van der Waals surface area contributed by atoms with Gasteiger partial charge in [-0.15, -0.1) is 10.2 Å². The summed E-state index contributed by atoms with van der Waals surface area (Å²) in [6, 6.07) is 19.5. The number of ether oxygens (including phenoxy) is 1. The summed E-state index contributed by atoms with van der Waals surface area (Å²) < 4.78 is 6.76. The smallest absolute Gasteiger partial charge is 0.338 e. The number of urea groups is 1. The third-order valence-corrected chi connectivity index (χ3v) is 6.82. The third kappa shape index (κ3) is 7.03. The number of nitro groups is 1. The number of nitro benzene ring substituents is 1. The van der Waals surface area contributed by atoms with Crippen LogP contribution in [0.2, 0.25) is 0 Å². The number of amides is 2. The quantitative estimate of drug-likeness (QED) is 0.107. The minimum absolute atomic E-state index is 0.0353. The van der Waals surface area contributed by atoms with Gasteiger partial charge < -0.3 is 15.4 Å². The Labute approximate surface area is 235 Å². The monoisotopic (exact) mass is 560 g/mol. The van der Waals surface area contributed by atoms with Crippen LogP contribution in [-0.4, -0.2) is 38.3 Å². The Bertz CT molecular complexity index is 1500. The van der Waals surface area contributed by atoms with Crippen LogP contribution in [0, 0.1) is 17.0 Å². The average Bonchev–Trinajstić information content (AvgIpc) is 3.36. The summed E-state index contributed by atoms with van der Waals surface area (Å²) in [4.78, 5) is 35.3. The molecule has 4 aromatic rings. The van der Waals surface area contributed by atoms with E-state index in [0.29, 0.717) is 33.7 Å². The van der Waals surface area contributed by atoms with Crippen LogP contribution in [0.25, 0.3) is 5.69 Å². The van der Waals surface area contributed by atoms with Crippen molar-refractivity contribution in [3.8, 4) is 5.69 Å². The highest BCUT2D eigenvalue weighted by Gasteiger charge is 2.22. The molecule has 1 aromatic heterocycles. The van der Waals surface area contributed by atoms with E-state index in [1.165, 1.54) is 23.9 Å². The Morgan fingerprint density at radius 3 is 2.45 bits per heavy atom.